The fraction of sp³-hybridized carbons (Fsp3) is 0.842. The summed E-state index contributed by atoms with van der Waals surface area (Å²) in [5, 5.41) is 14.7. The lowest BCUT2D eigenvalue weighted by Crippen LogP contribution is -2.40. The Balaban J connectivity index is 1.74. The largest absolute Gasteiger partial charge is 0.481 e. The van der Waals surface area contributed by atoms with Crippen molar-refractivity contribution in [1.82, 2.24) is 15.5 Å². The minimum absolute atomic E-state index is 0.0692. The van der Waals surface area contributed by atoms with Crippen LogP contribution >= 0.6 is 0 Å². The molecular formula is C19H33N3O4. The lowest BCUT2D eigenvalue weighted by molar-refractivity contribution is -0.137. The Morgan fingerprint density at radius 3 is 2.50 bits per heavy atom. The van der Waals surface area contributed by atoms with Crippen molar-refractivity contribution in [2.45, 2.75) is 51.4 Å². The molecule has 1 saturated heterocycles. The van der Waals surface area contributed by atoms with Crippen LogP contribution < -0.4 is 10.6 Å². The Hall–Kier alpha value is -1.63. The molecule has 1 saturated carbocycles. The molecule has 0 aromatic carbocycles. The summed E-state index contributed by atoms with van der Waals surface area (Å²) in [6, 6.07) is 0. The van der Waals surface area contributed by atoms with Crippen LogP contribution in [0.25, 0.3) is 0 Å². The number of amides is 2. The highest BCUT2D eigenvalue weighted by Crippen LogP contribution is 2.30. The average molecular weight is 367 g/mol. The smallest absolute Gasteiger partial charge is 0.305 e. The topological polar surface area (TPSA) is 98.7 Å². The van der Waals surface area contributed by atoms with Crippen molar-refractivity contribution in [2.75, 3.05) is 33.2 Å². The van der Waals surface area contributed by atoms with E-state index in [0.29, 0.717) is 12.3 Å². The number of carbonyl (C=O) groups excluding carboxylic acids is 2. The predicted molar refractivity (Wildman–Crippen MR) is 98.6 cm³/mol. The van der Waals surface area contributed by atoms with Gasteiger partial charge in [-0.25, -0.2) is 0 Å². The highest BCUT2D eigenvalue weighted by molar-refractivity contribution is 5.82. The van der Waals surface area contributed by atoms with E-state index in [9.17, 15) is 14.4 Å². The van der Waals surface area contributed by atoms with Gasteiger partial charge in [-0.15, -0.1) is 0 Å². The molecule has 148 valence electrons. The number of carbonyl (C=O) groups is 3. The van der Waals surface area contributed by atoms with Crippen LogP contribution in [0, 0.1) is 17.8 Å². The standard InChI is InChI=1S/C19H33N3O4/c1-22(12-8-14-5-9-20-10-6-14)19(26)16-4-2-3-15(13-16)18(25)21-11-7-17(23)24/h14-16,20H,2-13H2,1H3,(H,21,25)(H,23,24). The number of carboxylic acids is 1. The van der Waals surface area contributed by atoms with E-state index in [1.165, 1.54) is 12.8 Å². The first-order valence-corrected chi connectivity index (χ1v) is 9.92. The molecule has 0 radical (unpaired) electrons. The molecule has 7 nitrogen and oxygen atoms in total. The fourth-order valence-electron chi connectivity index (χ4n) is 4.06. The third kappa shape index (κ3) is 6.59. The molecule has 2 amide bonds. The maximum absolute atomic E-state index is 12.7. The first-order chi connectivity index (χ1) is 12.5. The monoisotopic (exact) mass is 367 g/mol. The van der Waals surface area contributed by atoms with Gasteiger partial charge in [0.25, 0.3) is 0 Å². The Morgan fingerprint density at radius 2 is 1.81 bits per heavy atom. The van der Waals surface area contributed by atoms with Crippen molar-refractivity contribution < 1.29 is 19.5 Å². The number of nitrogens with zero attached hydrogens (tertiary/aromatic N) is 1. The molecule has 2 atom stereocenters. The summed E-state index contributed by atoms with van der Waals surface area (Å²) in [7, 11) is 1.87. The van der Waals surface area contributed by atoms with Crippen LogP contribution in [-0.2, 0) is 14.4 Å². The van der Waals surface area contributed by atoms with Gasteiger partial charge in [-0.2, -0.15) is 0 Å². The SMILES string of the molecule is CN(CCC1CCNCC1)C(=O)C1CCCC(C(=O)NCCC(=O)O)C1. The van der Waals surface area contributed by atoms with E-state index in [0.717, 1.165) is 45.3 Å². The molecule has 0 aromatic rings. The lowest BCUT2D eigenvalue weighted by atomic mass is 9.80. The Labute approximate surface area is 155 Å². The molecule has 1 aliphatic heterocycles. The van der Waals surface area contributed by atoms with Gasteiger partial charge in [-0.1, -0.05) is 6.42 Å². The van der Waals surface area contributed by atoms with Gasteiger partial charge in [0.15, 0.2) is 0 Å². The zero-order valence-electron chi connectivity index (χ0n) is 15.8. The highest BCUT2D eigenvalue weighted by Gasteiger charge is 2.32. The molecule has 2 rings (SSSR count). The Bertz CT molecular complexity index is 491. The lowest BCUT2D eigenvalue weighted by Gasteiger charge is -2.31. The second-order valence-corrected chi connectivity index (χ2v) is 7.74. The molecule has 0 aromatic heterocycles. The van der Waals surface area contributed by atoms with Gasteiger partial charge in [0, 0.05) is 32.0 Å². The van der Waals surface area contributed by atoms with Crippen LogP contribution in [-0.4, -0.2) is 61.0 Å². The molecule has 0 spiro atoms. The van der Waals surface area contributed by atoms with Gasteiger partial charge in [0.05, 0.1) is 6.42 Å². The summed E-state index contributed by atoms with van der Waals surface area (Å²) in [5.41, 5.74) is 0. The summed E-state index contributed by atoms with van der Waals surface area (Å²) >= 11 is 0. The van der Waals surface area contributed by atoms with E-state index >= 15 is 0 Å². The molecule has 2 fully saturated rings. The molecular weight excluding hydrogens is 334 g/mol. The van der Waals surface area contributed by atoms with Crippen LogP contribution in [0.3, 0.4) is 0 Å². The van der Waals surface area contributed by atoms with E-state index in [1.807, 2.05) is 11.9 Å². The molecule has 3 N–H and O–H groups in total. The predicted octanol–water partition coefficient (Wildman–Crippen LogP) is 1.23. The quantitative estimate of drug-likeness (QED) is 0.599. The number of hydrogen-bond donors (Lipinski definition) is 3. The molecule has 1 aliphatic carbocycles. The summed E-state index contributed by atoms with van der Waals surface area (Å²) in [4.78, 5) is 37.4. The molecule has 7 heteroatoms. The second-order valence-electron chi connectivity index (χ2n) is 7.74. The Morgan fingerprint density at radius 1 is 1.12 bits per heavy atom. The number of piperidine rings is 1. The molecule has 1 heterocycles. The minimum Gasteiger partial charge on any atom is -0.481 e. The Kier molecular flexibility index (Phi) is 8.35. The summed E-state index contributed by atoms with van der Waals surface area (Å²) in [6.45, 7) is 3.09. The van der Waals surface area contributed by atoms with Gasteiger partial charge in [-0.3, -0.25) is 14.4 Å². The van der Waals surface area contributed by atoms with Gasteiger partial charge in [0.1, 0.15) is 0 Å². The average Bonchev–Trinajstić information content (AvgIpc) is 2.66. The zero-order chi connectivity index (χ0) is 18.9. The first kappa shape index (κ1) is 20.7. The van der Waals surface area contributed by atoms with Crippen molar-refractivity contribution >= 4 is 17.8 Å². The van der Waals surface area contributed by atoms with Crippen LogP contribution in [0.4, 0.5) is 0 Å². The summed E-state index contributed by atoms with van der Waals surface area (Å²) in [5.74, 6) is -0.438. The maximum Gasteiger partial charge on any atom is 0.305 e. The van der Waals surface area contributed by atoms with E-state index in [1.54, 1.807) is 0 Å². The third-order valence-electron chi connectivity index (χ3n) is 5.74. The van der Waals surface area contributed by atoms with Crippen LogP contribution in [0.5, 0.6) is 0 Å². The summed E-state index contributed by atoms with van der Waals surface area (Å²) in [6.07, 6.45) is 6.42. The highest BCUT2D eigenvalue weighted by atomic mass is 16.4. The zero-order valence-corrected chi connectivity index (χ0v) is 15.8. The van der Waals surface area contributed by atoms with Crippen molar-refractivity contribution in [1.29, 1.82) is 0 Å². The normalized spacial score (nSPS) is 24.0. The van der Waals surface area contributed by atoms with E-state index in [-0.39, 0.29) is 36.6 Å². The minimum atomic E-state index is -0.919. The van der Waals surface area contributed by atoms with Crippen LogP contribution in [0.1, 0.15) is 51.4 Å². The molecule has 0 bridgehead atoms. The van der Waals surface area contributed by atoms with Gasteiger partial charge < -0.3 is 20.6 Å². The number of carboxylic acid groups (broad SMARTS) is 1. The van der Waals surface area contributed by atoms with Crippen LogP contribution in [0.15, 0.2) is 0 Å². The number of hydrogen-bond acceptors (Lipinski definition) is 4. The second kappa shape index (κ2) is 10.5. The fourth-order valence-corrected chi connectivity index (χ4v) is 4.06. The number of rotatable bonds is 8. The van der Waals surface area contributed by atoms with E-state index in [4.69, 9.17) is 5.11 Å². The third-order valence-corrected chi connectivity index (χ3v) is 5.74. The van der Waals surface area contributed by atoms with Crippen molar-refractivity contribution in [3.63, 3.8) is 0 Å². The van der Waals surface area contributed by atoms with E-state index < -0.39 is 5.97 Å². The van der Waals surface area contributed by atoms with Crippen molar-refractivity contribution in [2.24, 2.45) is 17.8 Å². The first-order valence-electron chi connectivity index (χ1n) is 9.92. The molecule has 2 unspecified atom stereocenters. The van der Waals surface area contributed by atoms with Crippen molar-refractivity contribution in [3.8, 4) is 0 Å². The van der Waals surface area contributed by atoms with E-state index in [2.05, 4.69) is 10.6 Å². The number of aliphatic carboxylic acids is 1. The number of nitrogens with one attached hydrogen (secondary N) is 2. The molecule has 26 heavy (non-hydrogen) atoms. The van der Waals surface area contributed by atoms with Crippen LogP contribution in [0.2, 0.25) is 0 Å². The summed E-state index contributed by atoms with van der Waals surface area (Å²) < 4.78 is 0. The maximum atomic E-state index is 12.7. The van der Waals surface area contributed by atoms with Gasteiger partial charge in [0.2, 0.25) is 11.8 Å². The molecule has 2 aliphatic rings. The van der Waals surface area contributed by atoms with Gasteiger partial charge >= 0.3 is 5.97 Å². The van der Waals surface area contributed by atoms with Crippen molar-refractivity contribution in [3.05, 3.63) is 0 Å². The van der Waals surface area contributed by atoms with Gasteiger partial charge in [-0.05, 0) is 57.5 Å².